The molecule has 0 N–H and O–H groups in total. The number of ketones is 2. The van der Waals surface area contributed by atoms with Gasteiger partial charge in [0.1, 0.15) is 0 Å². The maximum atomic E-state index is 13.0. The van der Waals surface area contributed by atoms with E-state index in [0.29, 0.717) is 36.2 Å². The largest absolute Gasteiger partial charge is 0.294 e. The van der Waals surface area contributed by atoms with Crippen molar-refractivity contribution in [3.63, 3.8) is 0 Å². The van der Waals surface area contributed by atoms with E-state index in [0.717, 1.165) is 5.56 Å². The van der Waals surface area contributed by atoms with Crippen molar-refractivity contribution >= 4 is 27.2 Å². The number of nitrogens with zero attached hydrogens (tertiary/aromatic N) is 3. The van der Waals surface area contributed by atoms with E-state index in [1.54, 1.807) is 47.3 Å². The average molecular weight is 462 g/mol. The third kappa shape index (κ3) is 4.90. The molecule has 0 saturated heterocycles. The highest BCUT2D eigenvalue weighted by Crippen LogP contribution is 2.23. The topological polar surface area (TPSA) is 98.5 Å². The highest BCUT2D eigenvalue weighted by molar-refractivity contribution is 7.91. The Labute approximate surface area is 192 Å². The summed E-state index contributed by atoms with van der Waals surface area (Å²) in [5.74, 6) is 0.406. The van der Waals surface area contributed by atoms with E-state index in [1.165, 1.54) is 30.5 Å². The van der Waals surface area contributed by atoms with Gasteiger partial charge in [0.25, 0.3) is 0 Å². The third-order valence-electron chi connectivity index (χ3n) is 5.39. The van der Waals surface area contributed by atoms with Crippen molar-refractivity contribution in [1.82, 2.24) is 14.4 Å². The molecule has 0 aliphatic heterocycles. The first-order chi connectivity index (χ1) is 15.9. The smallest absolute Gasteiger partial charge is 0.233 e. The molecule has 0 amide bonds. The molecular formula is C25H23N3O4S. The zero-order chi connectivity index (χ0) is 23.4. The lowest BCUT2D eigenvalue weighted by Gasteiger charge is -2.08. The number of fused-ring (bicyclic) bond motifs is 1. The van der Waals surface area contributed by atoms with E-state index in [9.17, 15) is 18.0 Å². The Kier molecular flexibility index (Phi) is 6.46. The molecule has 4 aromatic rings. The van der Waals surface area contributed by atoms with Crippen LogP contribution < -0.4 is 0 Å². The Morgan fingerprint density at radius 2 is 1.67 bits per heavy atom. The molecule has 0 fully saturated rings. The van der Waals surface area contributed by atoms with Gasteiger partial charge in [0, 0.05) is 43.2 Å². The first-order valence-electron chi connectivity index (χ1n) is 10.7. The minimum absolute atomic E-state index is 0.0524. The first-order valence-corrected chi connectivity index (χ1v) is 12.2. The van der Waals surface area contributed by atoms with Gasteiger partial charge < -0.3 is 0 Å². The Hall–Kier alpha value is -3.65. The first kappa shape index (κ1) is 22.5. The summed E-state index contributed by atoms with van der Waals surface area (Å²) in [6.45, 7) is 1.91. The maximum Gasteiger partial charge on any atom is 0.233 e. The number of aryl methyl sites for hydroxylation is 1. The summed E-state index contributed by atoms with van der Waals surface area (Å²) in [5.41, 5.74) is 1.75. The lowest BCUT2D eigenvalue weighted by molar-refractivity contribution is 0.0973. The fraction of sp³-hybridized carbons (Fsp3) is 0.200. The predicted molar refractivity (Wildman–Crippen MR) is 123 cm³/mol. The number of sulfone groups is 1. The van der Waals surface area contributed by atoms with Crippen molar-refractivity contribution < 1.29 is 18.0 Å². The van der Waals surface area contributed by atoms with Gasteiger partial charge in [-0.05, 0) is 42.7 Å². The Bertz CT molecular complexity index is 1420. The van der Waals surface area contributed by atoms with Crippen LogP contribution in [0.5, 0.6) is 0 Å². The second-order valence-electron chi connectivity index (χ2n) is 7.75. The molecule has 7 nitrogen and oxygen atoms in total. The Balaban J connectivity index is 1.45. The second kappa shape index (κ2) is 9.46. The molecule has 4 rings (SSSR count). The summed E-state index contributed by atoms with van der Waals surface area (Å²) < 4.78 is 27.8. The molecule has 0 saturated carbocycles. The molecule has 0 atom stereocenters. The van der Waals surface area contributed by atoms with Crippen LogP contribution in [-0.4, -0.2) is 34.4 Å². The second-order valence-corrected chi connectivity index (χ2v) is 9.70. The third-order valence-corrected chi connectivity index (χ3v) is 7.15. The number of aromatic nitrogens is 3. The molecule has 33 heavy (non-hydrogen) atoms. The zero-order valence-corrected chi connectivity index (χ0v) is 19.0. The summed E-state index contributed by atoms with van der Waals surface area (Å²) in [6.07, 6.45) is 8.39. The molecule has 0 spiro atoms. The number of benzene rings is 2. The summed E-state index contributed by atoms with van der Waals surface area (Å²) in [6, 6.07) is 12.7. The molecule has 2 aromatic heterocycles. The summed E-state index contributed by atoms with van der Waals surface area (Å²) >= 11 is 0. The summed E-state index contributed by atoms with van der Waals surface area (Å²) in [5, 5.41) is 0. The average Bonchev–Trinajstić information content (AvgIpc) is 3.31. The number of hydrogen-bond donors (Lipinski definition) is 0. The van der Waals surface area contributed by atoms with Crippen LogP contribution in [0.2, 0.25) is 0 Å². The van der Waals surface area contributed by atoms with Gasteiger partial charge in [0.2, 0.25) is 15.6 Å². The van der Waals surface area contributed by atoms with Gasteiger partial charge in [0.05, 0.1) is 15.4 Å². The molecular weight excluding hydrogens is 438 g/mol. The van der Waals surface area contributed by atoms with Crippen LogP contribution in [0.25, 0.3) is 5.78 Å². The fourth-order valence-electron chi connectivity index (χ4n) is 3.54. The van der Waals surface area contributed by atoms with Gasteiger partial charge in [-0.2, -0.15) is 0 Å². The minimum Gasteiger partial charge on any atom is -0.294 e. The predicted octanol–water partition coefficient (Wildman–Crippen LogP) is 4.36. The van der Waals surface area contributed by atoms with Crippen LogP contribution in [0.1, 0.15) is 52.5 Å². The molecule has 2 heterocycles. The molecule has 2 aromatic carbocycles. The number of hydrogen-bond acceptors (Lipinski definition) is 6. The van der Waals surface area contributed by atoms with Gasteiger partial charge >= 0.3 is 0 Å². The Morgan fingerprint density at radius 1 is 0.909 bits per heavy atom. The van der Waals surface area contributed by atoms with E-state index in [-0.39, 0.29) is 27.8 Å². The molecule has 8 heteroatoms. The Morgan fingerprint density at radius 3 is 2.42 bits per heavy atom. The van der Waals surface area contributed by atoms with Crippen molar-refractivity contribution in [3.05, 3.63) is 90.0 Å². The quantitative estimate of drug-likeness (QED) is 0.344. The van der Waals surface area contributed by atoms with Crippen LogP contribution in [0, 0.1) is 0 Å². The van der Waals surface area contributed by atoms with Crippen LogP contribution in [0.15, 0.2) is 83.1 Å². The van der Waals surface area contributed by atoms with Crippen LogP contribution >= 0.6 is 0 Å². The number of rotatable bonds is 9. The van der Waals surface area contributed by atoms with Gasteiger partial charge in [-0.1, -0.05) is 31.2 Å². The summed E-state index contributed by atoms with van der Waals surface area (Å²) in [7, 11) is -3.75. The van der Waals surface area contributed by atoms with Crippen LogP contribution in [0.4, 0.5) is 0 Å². The minimum atomic E-state index is -3.75. The number of Topliss-reactive ketones (excluding diaryl/α,β-unsaturated/α-hetero) is 2. The lowest BCUT2D eigenvalue weighted by Crippen LogP contribution is -2.06. The number of carbonyl (C=O) groups excluding carboxylic acids is 2. The van der Waals surface area contributed by atoms with E-state index < -0.39 is 9.84 Å². The number of imidazole rings is 1. The molecule has 0 radical (unpaired) electrons. The highest BCUT2D eigenvalue weighted by Gasteiger charge is 2.19. The molecule has 0 aliphatic rings. The maximum absolute atomic E-state index is 13.0. The van der Waals surface area contributed by atoms with E-state index in [4.69, 9.17) is 0 Å². The SMILES string of the molecule is CCCC(=O)c1cccc(S(=O)(=O)c2ccc(CCC(=O)c3cnc4nccn4c3)cc2)c1. The highest BCUT2D eigenvalue weighted by atomic mass is 32.2. The van der Waals surface area contributed by atoms with Gasteiger partial charge in [0.15, 0.2) is 11.6 Å². The van der Waals surface area contributed by atoms with Crippen LogP contribution in [0.3, 0.4) is 0 Å². The van der Waals surface area contributed by atoms with Crippen LogP contribution in [-0.2, 0) is 16.3 Å². The van der Waals surface area contributed by atoms with Gasteiger partial charge in [-0.3, -0.25) is 14.0 Å². The molecule has 0 aliphatic carbocycles. The standard InChI is InChI=1S/C25H23N3O4S/c1-2-4-23(29)19-5-3-6-22(15-19)33(31,32)21-10-7-18(8-11-21)9-12-24(30)20-16-27-25-26-13-14-28(25)17-20/h3,5-8,10-11,13-17H,2,4,9,12H2,1H3. The van der Waals surface area contributed by atoms with E-state index in [1.807, 2.05) is 6.92 Å². The normalized spacial score (nSPS) is 11.5. The fourth-order valence-corrected chi connectivity index (χ4v) is 4.85. The van der Waals surface area contributed by atoms with Crippen molar-refractivity contribution in [1.29, 1.82) is 0 Å². The van der Waals surface area contributed by atoms with E-state index >= 15 is 0 Å². The zero-order valence-electron chi connectivity index (χ0n) is 18.1. The van der Waals surface area contributed by atoms with Crippen molar-refractivity contribution in [2.75, 3.05) is 0 Å². The van der Waals surface area contributed by atoms with Gasteiger partial charge in [-0.15, -0.1) is 0 Å². The lowest BCUT2D eigenvalue weighted by atomic mass is 10.0. The van der Waals surface area contributed by atoms with Gasteiger partial charge in [-0.25, -0.2) is 18.4 Å². The molecule has 0 bridgehead atoms. The molecule has 0 unspecified atom stereocenters. The van der Waals surface area contributed by atoms with Crippen molar-refractivity contribution in [2.24, 2.45) is 0 Å². The summed E-state index contributed by atoms with van der Waals surface area (Å²) in [4.78, 5) is 33.1. The molecule has 168 valence electrons. The van der Waals surface area contributed by atoms with Crippen molar-refractivity contribution in [3.8, 4) is 0 Å². The van der Waals surface area contributed by atoms with E-state index in [2.05, 4.69) is 9.97 Å². The monoisotopic (exact) mass is 461 g/mol. The number of carbonyl (C=O) groups is 2. The van der Waals surface area contributed by atoms with Crippen molar-refractivity contribution in [2.45, 2.75) is 42.4 Å².